The van der Waals surface area contributed by atoms with Crippen LogP contribution in [-0.4, -0.2) is 27.8 Å². The van der Waals surface area contributed by atoms with E-state index in [4.69, 9.17) is 5.11 Å². The van der Waals surface area contributed by atoms with E-state index in [0.717, 1.165) is 23.5 Å². The molecule has 1 aromatic heterocycles. The van der Waals surface area contributed by atoms with Crippen molar-refractivity contribution in [1.82, 2.24) is 10.2 Å². The molecule has 1 aromatic carbocycles. The Balaban J connectivity index is 1.81. The second-order valence-corrected chi connectivity index (χ2v) is 5.26. The van der Waals surface area contributed by atoms with E-state index in [9.17, 15) is 4.79 Å². The van der Waals surface area contributed by atoms with Crippen LogP contribution in [0.3, 0.4) is 0 Å². The molecule has 0 spiro atoms. The Labute approximate surface area is 120 Å². The van der Waals surface area contributed by atoms with Gasteiger partial charge in [0.25, 0.3) is 0 Å². The number of nitrogens with zero attached hydrogens (tertiary/aromatic N) is 2. The lowest BCUT2D eigenvalue weighted by atomic mass is 10.3. The first-order valence-corrected chi connectivity index (χ1v) is 7.14. The number of nitrogens with one attached hydrogen (secondary N) is 2. The number of rotatable bonds is 6. The highest BCUT2D eigenvalue weighted by Crippen LogP contribution is 2.16. The van der Waals surface area contributed by atoms with Gasteiger partial charge in [-0.15, -0.1) is 10.2 Å². The van der Waals surface area contributed by atoms with Crippen LogP contribution in [0.1, 0.15) is 18.4 Å². The molecule has 106 valence electrons. The van der Waals surface area contributed by atoms with Crippen molar-refractivity contribution in [2.75, 3.05) is 17.2 Å². The molecule has 6 nitrogen and oxygen atoms in total. The van der Waals surface area contributed by atoms with E-state index in [1.54, 1.807) is 24.3 Å². The Bertz CT molecular complexity index is 568. The molecule has 0 saturated carbocycles. The lowest BCUT2D eigenvalue weighted by Crippen LogP contribution is -2.21. The molecule has 1 amide bonds. The van der Waals surface area contributed by atoms with Crippen molar-refractivity contribution in [2.45, 2.75) is 19.8 Å². The zero-order chi connectivity index (χ0) is 14.4. The van der Waals surface area contributed by atoms with Gasteiger partial charge < -0.3 is 10.4 Å². The van der Waals surface area contributed by atoms with E-state index >= 15 is 0 Å². The van der Waals surface area contributed by atoms with Gasteiger partial charge in [-0.2, -0.15) is 0 Å². The Kier molecular flexibility index (Phi) is 4.89. The molecule has 2 rings (SSSR count). The first-order chi connectivity index (χ1) is 9.67. The number of amides is 1. The Morgan fingerprint density at radius 2 is 2.05 bits per heavy atom. The molecule has 0 aliphatic carbocycles. The van der Waals surface area contributed by atoms with Gasteiger partial charge in [-0.25, -0.2) is 0 Å². The van der Waals surface area contributed by atoms with Crippen LogP contribution < -0.4 is 10.6 Å². The second-order valence-electron chi connectivity index (χ2n) is 4.20. The number of benzene rings is 1. The fourth-order valence-corrected chi connectivity index (χ4v) is 2.40. The molecule has 1 heterocycles. The first-order valence-electron chi connectivity index (χ1n) is 6.32. The summed E-state index contributed by atoms with van der Waals surface area (Å²) >= 11 is 1.39. The largest absolute Gasteiger partial charge is 0.508 e. The maximum absolute atomic E-state index is 11.7. The van der Waals surface area contributed by atoms with E-state index in [1.165, 1.54) is 11.3 Å². The van der Waals surface area contributed by atoms with Gasteiger partial charge in [0.2, 0.25) is 11.0 Å². The molecule has 3 N–H and O–H groups in total. The summed E-state index contributed by atoms with van der Waals surface area (Å²) in [4.78, 5) is 11.7. The minimum absolute atomic E-state index is 0.132. The number of aromatic hydroxyl groups is 1. The number of aryl methyl sites for hydroxylation is 1. The highest BCUT2D eigenvalue weighted by atomic mass is 32.1. The predicted molar refractivity (Wildman–Crippen MR) is 79.1 cm³/mol. The molecule has 20 heavy (non-hydrogen) atoms. The van der Waals surface area contributed by atoms with Crippen LogP contribution in [0.25, 0.3) is 0 Å². The number of carbonyl (C=O) groups excluding carboxylic acids is 1. The van der Waals surface area contributed by atoms with Crippen molar-refractivity contribution in [3.63, 3.8) is 0 Å². The van der Waals surface area contributed by atoms with Gasteiger partial charge in [0.05, 0.1) is 6.54 Å². The summed E-state index contributed by atoms with van der Waals surface area (Å²) in [6.45, 7) is 2.20. The summed E-state index contributed by atoms with van der Waals surface area (Å²) in [6.07, 6.45) is 1.88. The van der Waals surface area contributed by atoms with Crippen LogP contribution in [0.15, 0.2) is 24.3 Å². The molecular weight excluding hydrogens is 276 g/mol. The van der Waals surface area contributed by atoms with Crippen molar-refractivity contribution >= 4 is 28.1 Å². The maximum atomic E-state index is 11.7. The Hall–Kier alpha value is -2.15. The predicted octanol–water partition coefficient (Wildman–Crippen LogP) is 2.25. The number of hydrogen-bond acceptors (Lipinski definition) is 6. The van der Waals surface area contributed by atoms with Crippen LogP contribution in [0.4, 0.5) is 10.8 Å². The zero-order valence-corrected chi connectivity index (χ0v) is 11.9. The van der Waals surface area contributed by atoms with E-state index in [1.807, 2.05) is 0 Å². The van der Waals surface area contributed by atoms with Gasteiger partial charge in [-0.05, 0) is 30.7 Å². The second kappa shape index (κ2) is 6.85. The molecule has 7 heteroatoms. The van der Waals surface area contributed by atoms with Crippen LogP contribution in [-0.2, 0) is 11.2 Å². The summed E-state index contributed by atoms with van der Waals surface area (Å²) in [5.74, 6) is 0.00888. The van der Waals surface area contributed by atoms with E-state index in [0.29, 0.717) is 5.13 Å². The molecular formula is C13H16N4O2S. The molecule has 0 unspecified atom stereocenters. The summed E-state index contributed by atoms with van der Waals surface area (Å²) in [7, 11) is 0. The fourth-order valence-electron chi connectivity index (χ4n) is 1.54. The van der Waals surface area contributed by atoms with Gasteiger partial charge in [-0.1, -0.05) is 18.3 Å². The van der Waals surface area contributed by atoms with Crippen molar-refractivity contribution in [2.24, 2.45) is 0 Å². The molecule has 0 aliphatic rings. The summed E-state index contributed by atoms with van der Waals surface area (Å²) in [5.41, 5.74) is 0.766. The third-order valence-corrected chi connectivity index (χ3v) is 3.40. The lowest BCUT2D eigenvalue weighted by molar-refractivity contribution is -0.114. The molecule has 0 aliphatic heterocycles. The Morgan fingerprint density at radius 3 is 2.75 bits per heavy atom. The van der Waals surface area contributed by atoms with Crippen LogP contribution >= 0.6 is 11.3 Å². The standard InChI is InChI=1S/C13H16N4O2S/c1-2-3-12-16-17-13(20-12)15-11(19)8-14-9-4-6-10(18)7-5-9/h4-7,14,18H,2-3,8H2,1H3,(H,15,17,19). The van der Waals surface area contributed by atoms with Gasteiger partial charge in [0.15, 0.2) is 0 Å². The normalized spacial score (nSPS) is 10.2. The average Bonchev–Trinajstić information content (AvgIpc) is 2.86. The number of phenolic OH excluding ortho intramolecular Hbond substituents is 1. The quantitative estimate of drug-likeness (QED) is 0.711. The van der Waals surface area contributed by atoms with E-state index < -0.39 is 0 Å². The number of hydrogen-bond donors (Lipinski definition) is 3. The zero-order valence-electron chi connectivity index (χ0n) is 11.1. The highest BCUT2D eigenvalue weighted by molar-refractivity contribution is 7.15. The number of carbonyl (C=O) groups is 1. The summed E-state index contributed by atoms with van der Waals surface area (Å²) in [5, 5.41) is 24.2. The minimum Gasteiger partial charge on any atom is -0.508 e. The topological polar surface area (TPSA) is 87.1 Å². The third kappa shape index (κ3) is 4.20. The van der Waals surface area contributed by atoms with Gasteiger partial charge in [0.1, 0.15) is 10.8 Å². The first kappa shape index (κ1) is 14.3. The molecule has 2 aromatic rings. The van der Waals surface area contributed by atoms with Crippen LogP contribution in [0, 0.1) is 0 Å². The molecule has 0 bridgehead atoms. The maximum Gasteiger partial charge on any atom is 0.245 e. The van der Waals surface area contributed by atoms with Gasteiger partial charge >= 0.3 is 0 Å². The average molecular weight is 292 g/mol. The molecule has 0 atom stereocenters. The minimum atomic E-state index is -0.183. The third-order valence-electron chi connectivity index (χ3n) is 2.50. The smallest absolute Gasteiger partial charge is 0.245 e. The SMILES string of the molecule is CCCc1nnc(NC(=O)CNc2ccc(O)cc2)s1. The van der Waals surface area contributed by atoms with E-state index in [-0.39, 0.29) is 18.2 Å². The number of anilines is 2. The fraction of sp³-hybridized carbons (Fsp3) is 0.308. The number of aromatic nitrogens is 2. The van der Waals surface area contributed by atoms with Gasteiger partial charge in [-0.3, -0.25) is 10.1 Å². The molecule has 0 saturated heterocycles. The summed E-state index contributed by atoms with van der Waals surface area (Å²) in [6, 6.07) is 6.52. The lowest BCUT2D eigenvalue weighted by Gasteiger charge is -2.05. The monoisotopic (exact) mass is 292 g/mol. The van der Waals surface area contributed by atoms with Gasteiger partial charge in [0, 0.05) is 12.1 Å². The van der Waals surface area contributed by atoms with Crippen molar-refractivity contribution in [3.05, 3.63) is 29.3 Å². The molecule has 0 fully saturated rings. The van der Waals surface area contributed by atoms with E-state index in [2.05, 4.69) is 27.8 Å². The van der Waals surface area contributed by atoms with Crippen molar-refractivity contribution in [3.8, 4) is 5.75 Å². The van der Waals surface area contributed by atoms with Crippen LogP contribution in [0.5, 0.6) is 5.75 Å². The van der Waals surface area contributed by atoms with Crippen molar-refractivity contribution < 1.29 is 9.90 Å². The van der Waals surface area contributed by atoms with Crippen molar-refractivity contribution in [1.29, 1.82) is 0 Å². The Morgan fingerprint density at radius 1 is 1.30 bits per heavy atom. The number of phenols is 1. The van der Waals surface area contributed by atoms with Crippen LogP contribution in [0.2, 0.25) is 0 Å². The highest BCUT2D eigenvalue weighted by Gasteiger charge is 2.07. The molecule has 0 radical (unpaired) electrons. The summed E-state index contributed by atoms with van der Waals surface area (Å²) < 4.78 is 0.